The molecule has 0 aliphatic rings. The number of carboxylic acids is 1. The third kappa shape index (κ3) is 4.80. The molecule has 0 saturated heterocycles. The first-order chi connectivity index (χ1) is 11.7. The zero-order valence-electron chi connectivity index (χ0n) is 13.7. The molecular formula is C17H17NO6S. The van der Waals surface area contributed by atoms with E-state index < -0.39 is 22.0 Å². The molecule has 1 N–H and O–H groups in total. The number of hydrogen-bond donors (Lipinski definition) is 1. The summed E-state index contributed by atoms with van der Waals surface area (Å²) in [5, 5.41) is 9.19. The fraction of sp³-hybridized carbons (Fsp3) is 0.176. The molecule has 0 fully saturated rings. The second kappa shape index (κ2) is 7.35. The highest BCUT2D eigenvalue weighted by molar-refractivity contribution is 7.92. The first-order valence-corrected chi connectivity index (χ1v) is 9.06. The van der Waals surface area contributed by atoms with Gasteiger partial charge in [0, 0.05) is 7.05 Å². The van der Waals surface area contributed by atoms with E-state index in [4.69, 9.17) is 4.74 Å². The van der Waals surface area contributed by atoms with E-state index in [2.05, 4.69) is 0 Å². The lowest BCUT2D eigenvalue weighted by Crippen LogP contribution is -2.25. The number of esters is 1. The number of rotatable bonds is 6. The molecule has 0 aromatic heterocycles. The molecule has 0 atom stereocenters. The first kappa shape index (κ1) is 18.5. The fourth-order valence-corrected chi connectivity index (χ4v) is 2.52. The Morgan fingerprint density at radius 2 is 1.68 bits per heavy atom. The van der Waals surface area contributed by atoms with Crippen LogP contribution in [0.15, 0.2) is 48.5 Å². The fourth-order valence-electron chi connectivity index (χ4n) is 2.03. The molecule has 0 aliphatic heterocycles. The highest BCUT2D eigenvalue weighted by Crippen LogP contribution is 2.21. The SMILES string of the molecule is CN(c1cc(C(=O)O)cc(C(=O)OCc2ccccc2)c1)S(C)(=O)=O. The molecular weight excluding hydrogens is 346 g/mol. The largest absolute Gasteiger partial charge is 0.478 e. The van der Waals surface area contributed by atoms with Crippen molar-refractivity contribution >= 4 is 27.6 Å². The number of carbonyl (C=O) groups excluding carboxylic acids is 1. The number of benzene rings is 2. The minimum absolute atomic E-state index is 0.0220. The summed E-state index contributed by atoms with van der Waals surface area (Å²) < 4.78 is 29.4. The van der Waals surface area contributed by atoms with Crippen molar-refractivity contribution in [3.63, 3.8) is 0 Å². The van der Waals surface area contributed by atoms with E-state index in [-0.39, 0.29) is 23.4 Å². The number of aromatic carboxylic acids is 1. The highest BCUT2D eigenvalue weighted by Gasteiger charge is 2.19. The smallest absolute Gasteiger partial charge is 0.338 e. The second-order valence-electron chi connectivity index (χ2n) is 5.37. The average Bonchev–Trinajstić information content (AvgIpc) is 2.58. The number of sulfonamides is 1. The Kier molecular flexibility index (Phi) is 5.43. The third-order valence-electron chi connectivity index (χ3n) is 3.47. The lowest BCUT2D eigenvalue weighted by Gasteiger charge is -2.18. The molecule has 7 nitrogen and oxygen atoms in total. The molecule has 0 saturated carbocycles. The third-order valence-corrected chi connectivity index (χ3v) is 4.68. The van der Waals surface area contributed by atoms with E-state index in [1.54, 1.807) is 24.3 Å². The Morgan fingerprint density at radius 3 is 2.24 bits per heavy atom. The van der Waals surface area contributed by atoms with E-state index in [9.17, 15) is 23.1 Å². The highest BCUT2D eigenvalue weighted by atomic mass is 32.2. The molecule has 0 aliphatic carbocycles. The number of hydrogen-bond acceptors (Lipinski definition) is 5. The van der Waals surface area contributed by atoms with E-state index in [1.807, 2.05) is 6.07 Å². The Balaban J connectivity index is 2.31. The summed E-state index contributed by atoms with van der Waals surface area (Å²) >= 11 is 0. The van der Waals surface area contributed by atoms with E-state index in [0.29, 0.717) is 0 Å². The monoisotopic (exact) mass is 363 g/mol. The van der Waals surface area contributed by atoms with Gasteiger partial charge in [0.05, 0.1) is 23.1 Å². The van der Waals surface area contributed by atoms with Gasteiger partial charge in [-0.05, 0) is 23.8 Å². The topological polar surface area (TPSA) is 101 Å². The summed E-state index contributed by atoms with van der Waals surface area (Å²) in [6.45, 7) is 0.0220. The maximum atomic E-state index is 12.2. The average molecular weight is 363 g/mol. The Labute approximate surface area is 145 Å². The summed E-state index contributed by atoms with van der Waals surface area (Å²) in [7, 11) is -2.33. The zero-order valence-corrected chi connectivity index (χ0v) is 14.5. The predicted octanol–water partition coefficient (Wildman–Crippen LogP) is 2.14. The van der Waals surface area contributed by atoms with Crippen LogP contribution in [0.25, 0.3) is 0 Å². The number of carboxylic acid groups (broad SMARTS) is 1. The molecule has 25 heavy (non-hydrogen) atoms. The summed E-state index contributed by atoms with van der Waals surface area (Å²) in [6, 6.07) is 12.6. The van der Waals surface area contributed by atoms with Gasteiger partial charge < -0.3 is 9.84 Å². The van der Waals surface area contributed by atoms with Crippen LogP contribution in [0.4, 0.5) is 5.69 Å². The summed E-state index contributed by atoms with van der Waals surface area (Å²) in [5.74, 6) is -2.02. The summed E-state index contributed by atoms with van der Waals surface area (Å²) in [6.07, 6.45) is 0.980. The van der Waals surface area contributed by atoms with Crippen molar-refractivity contribution in [1.29, 1.82) is 0 Å². The molecule has 2 aromatic carbocycles. The Morgan fingerprint density at radius 1 is 1.08 bits per heavy atom. The van der Waals surface area contributed by atoms with Gasteiger partial charge in [0.1, 0.15) is 6.61 Å². The van der Waals surface area contributed by atoms with Gasteiger partial charge in [-0.1, -0.05) is 30.3 Å². The van der Waals surface area contributed by atoms with Gasteiger partial charge in [-0.25, -0.2) is 18.0 Å². The molecule has 132 valence electrons. The van der Waals surface area contributed by atoms with Crippen LogP contribution in [0, 0.1) is 0 Å². The molecule has 8 heteroatoms. The number of carbonyl (C=O) groups is 2. The van der Waals surface area contributed by atoms with E-state index in [1.165, 1.54) is 19.2 Å². The van der Waals surface area contributed by atoms with Crippen molar-refractivity contribution in [2.75, 3.05) is 17.6 Å². The lowest BCUT2D eigenvalue weighted by molar-refractivity contribution is 0.0472. The van der Waals surface area contributed by atoms with Gasteiger partial charge >= 0.3 is 11.9 Å². The summed E-state index contributed by atoms with van der Waals surface area (Å²) in [4.78, 5) is 23.5. The van der Waals surface area contributed by atoms with Crippen molar-refractivity contribution in [3.05, 3.63) is 65.2 Å². The van der Waals surface area contributed by atoms with E-state index in [0.717, 1.165) is 22.2 Å². The quantitative estimate of drug-likeness (QED) is 0.789. The van der Waals surface area contributed by atoms with Gasteiger partial charge in [0.2, 0.25) is 10.0 Å². The minimum atomic E-state index is -3.61. The van der Waals surface area contributed by atoms with Crippen LogP contribution in [-0.4, -0.2) is 38.8 Å². The lowest BCUT2D eigenvalue weighted by atomic mass is 10.1. The molecule has 0 radical (unpaired) electrons. The first-order valence-electron chi connectivity index (χ1n) is 7.22. The van der Waals surface area contributed by atoms with Crippen LogP contribution in [0.2, 0.25) is 0 Å². The van der Waals surface area contributed by atoms with Gasteiger partial charge in [0.25, 0.3) is 0 Å². The van der Waals surface area contributed by atoms with Crippen LogP contribution in [-0.2, 0) is 21.4 Å². The standard InChI is InChI=1S/C17H17NO6S/c1-18(25(2,22)23)15-9-13(16(19)20)8-14(10-15)17(21)24-11-12-6-4-3-5-7-12/h3-10H,11H2,1-2H3,(H,19,20). The van der Waals surface area contributed by atoms with Crippen LogP contribution in [0.5, 0.6) is 0 Å². The normalized spacial score (nSPS) is 11.0. The number of nitrogens with zero attached hydrogens (tertiary/aromatic N) is 1. The molecule has 2 rings (SSSR count). The maximum Gasteiger partial charge on any atom is 0.338 e. The van der Waals surface area contributed by atoms with Gasteiger partial charge in [0.15, 0.2) is 0 Å². The predicted molar refractivity (Wildman–Crippen MR) is 92.2 cm³/mol. The van der Waals surface area contributed by atoms with Crippen LogP contribution in [0.1, 0.15) is 26.3 Å². The zero-order chi connectivity index (χ0) is 18.6. The van der Waals surface area contributed by atoms with Crippen LogP contribution < -0.4 is 4.31 Å². The van der Waals surface area contributed by atoms with Crippen molar-refractivity contribution in [1.82, 2.24) is 0 Å². The van der Waals surface area contributed by atoms with E-state index >= 15 is 0 Å². The summed E-state index contributed by atoms with van der Waals surface area (Å²) in [5.41, 5.74) is 0.591. The van der Waals surface area contributed by atoms with Crippen molar-refractivity contribution in [2.24, 2.45) is 0 Å². The molecule has 2 aromatic rings. The Bertz CT molecular complexity index is 893. The maximum absolute atomic E-state index is 12.2. The molecule has 0 spiro atoms. The molecule has 0 bridgehead atoms. The van der Waals surface area contributed by atoms with Crippen molar-refractivity contribution in [2.45, 2.75) is 6.61 Å². The van der Waals surface area contributed by atoms with Gasteiger partial charge in [-0.15, -0.1) is 0 Å². The number of ether oxygens (including phenoxy) is 1. The molecule has 0 unspecified atom stereocenters. The van der Waals surface area contributed by atoms with Crippen LogP contribution >= 0.6 is 0 Å². The van der Waals surface area contributed by atoms with Crippen molar-refractivity contribution < 1.29 is 27.9 Å². The number of anilines is 1. The van der Waals surface area contributed by atoms with Crippen LogP contribution in [0.3, 0.4) is 0 Å². The van der Waals surface area contributed by atoms with Gasteiger partial charge in [-0.3, -0.25) is 4.31 Å². The van der Waals surface area contributed by atoms with Gasteiger partial charge in [-0.2, -0.15) is 0 Å². The molecule has 0 amide bonds. The second-order valence-corrected chi connectivity index (χ2v) is 7.38. The minimum Gasteiger partial charge on any atom is -0.478 e. The van der Waals surface area contributed by atoms with Crippen molar-refractivity contribution in [3.8, 4) is 0 Å². The Hall–Kier alpha value is -2.87. The molecule has 0 heterocycles.